The summed E-state index contributed by atoms with van der Waals surface area (Å²) in [4.78, 5) is 18.6. The number of aryl methyl sites for hydroxylation is 1. The number of rotatable bonds is 4. The molecule has 2 rings (SSSR count). The van der Waals surface area contributed by atoms with Gasteiger partial charge in [0.05, 0.1) is 6.20 Å². The Hall–Kier alpha value is -2.50. The van der Waals surface area contributed by atoms with E-state index in [1.807, 2.05) is 0 Å². The van der Waals surface area contributed by atoms with Crippen LogP contribution in [0.4, 0.5) is 4.39 Å². The molecule has 1 N–H and O–H groups in total. The van der Waals surface area contributed by atoms with E-state index < -0.39 is 11.8 Å². The van der Waals surface area contributed by atoms with Crippen LogP contribution in [0.15, 0.2) is 30.6 Å². The molecule has 19 heavy (non-hydrogen) atoms. The lowest BCUT2D eigenvalue weighted by Crippen LogP contribution is -2.07. The third-order valence-corrected chi connectivity index (χ3v) is 2.36. The summed E-state index contributed by atoms with van der Waals surface area (Å²) >= 11 is 0. The van der Waals surface area contributed by atoms with E-state index in [0.717, 1.165) is 6.20 Å². The second-order valence-corrected chi connectivity index (χ2v) is 3.90. The van der Waals surface area contributed by atoms with Crippen LogP contribution in [-0.4, -0.2) is 21.0 Å². The number of hydrogen-bond acceptors (Lipinski definition) is 4. The van der Waals surface area contributed by atoms with Crippen LogP contribution < -0.4 is 4.74 Å². The van der Waals surface area contributed by atoms with Gasteiger partial charge in [-0.25, -0.2) is 14.2 Å². The van der Waals surface area contributed by atoms with E-state index in [0.29, 0.717) is 11.3 Å². The second kappa shape index (κ2) is 5.43. The predicted molar refractivity (Wildman–Crippen MR) is 64.5 cm³/mol. The van der Waals surface area contributed by atoms with E-state index in [1.165, 1.54) is 18.3 Å². The highest BCUT2D eigenvalue weighted by Gasteiger charge is 2.13. The van der Waals surface area contributed by atoms with Crippen LogP contribution in [0, 0.1) is 12.7 Å². The van der Waals surface area contributed by atoms with Crippen molar-refractivity contribution in [2.45, 2.75) is 13.5 Å². The number of carboxylic acid groups (broad SMARTS) is 1. The molecule has 2 aromatic heterocycles. The number of halogens is 1. The second-order valence-electron chi connectivity index (χ2n) is 3.90. The monoisotopic (exact) mass is 262 g/mol. The summed E-state index contributed by atoms with van der Waals surface area (Å²) in [5, 5.41) is 9.02. The largest absolute Gasteiger partial charge is 0.486 e. The normalized spacial score (nSPS) is 10.2. The van der Waals surface area contributed by atoms with Gasteiger partial charge in [-0.05, 0) is 25.1 Å². The average molecular weight is 262 g/mol. The van der Waals surface area contributed by atoms with Crippen LogP contribution in [0.5, 0.6) is 5.75 Å². The van der Waals surface area contributed by atoms with Crippen LogP contribution in [0.1, 0.15) is 21.7 Å². The van der Waals surface area contributed by atoms with Crippen molar-refractivity contribution in [3.8, 4) is 5.75 Å². The van der Waals surface area contributed by atoms with Gasteiger partial charge in [0.25, 0.3) is 0 Å². The summed E-state index contributed by atoms with van der Waals surface area (Å²) in [6, 6.07) is 4.44. The number of nitrogens with zero attached hydrogens (tertiary/aromatic N) is 2. The van der Waals surface area contributed by atoms with Crippen molar-refractivity contribution in [1.82, 2.24) is 9.97 Å². The Labute approximate surface area is 108 Å². The smallest absolute Gasteiger partial charge is 0.358 e. The molecule has 0 aliphatic heterocycles. The summed E-state index contributed by atoms with van der Waals surface area (Å²) < 4.78 is 18.3. The van der Waals surface area contributed by atoms with Gasteiger partial charge in [-0.15, -0.1) is 0 Å². The van der Waals surface area contributed by atoms with Crippen molar-refractivity contribution >= 4 is 5.97 Å². The Morgan fingerprint density at radius 2 is 2.21 bits per heavy atom. The molecule has 0 saturated carbocycles. The number of carboxylic acids is 1. The molecule has 2 aromatic rings. The van der Waals surface area contributed by atoms with Crippen LogP contribution in [0.2, 0.25) is 0 Å². The zero-order valence-electron chi connectivity index (χ0n) is 10.1. The summed E-state index contributed by atoms with van der Waals surface area (Å²) in [6.45, 7) is 1.71. The number of ether oxygens (including phenoxy) is 1. The van der Waals surface area contributed by atoms with E-state index in [1.54, 1.807) is 13.0 Å². The van der Waals surface area contributed by atoms with Crippen molar-refractivity contribution in [2.24, 2.45) is 0 Å². The SMILES string of the molecule is Cc1ccc(OCc2cncc(F)c2)c(C(=O)O)n1. The maximum Gasteiger partial charge on any atom is 0.358 e. The molecule has 0 aromatic carbocycles. The predicted octanol–water partition coefficient (Wildman–Crippen LogP) is 2.20. The van der Waals surface area contributed by atoms with Crippen molar-refractivity contribution in [2.75, 3.05) is 0 Å². The van der Waals surface area contributed by atoms with Gasteiger partial charge < -0.3 is 9.84 Å². The Balaban J connectivity index is 2.17. The quantitative estimate of drug-likeness (QED) is 0.914. The minimum atomic E-state index is -1.17. The zero-order chi connectivity index (χ0) is 13.8. The average Bonchev–Trinajstić information content (AvgIpc) is 2.37. The number of carbonyl (C=O) groups is 1. The fourth-order valence-electron chi connectivity index (χ4n) is 1.51. The van der Waals surface area contributed by atoms with Gasteiger partial charge in [-0.1, -0.05) is 0 Å². The molecule has 0 aliphatic rings. The molecular weight excluding hydrogens is 251 g/mol. The van der Waals surface area contributed by atoms with Gasteiger partial charge in [-0.2, -0.15) is 0 Å². The fourth-order valence-corrected chi connectivity index (χ4v) is 1.51. The number of aromatic carboxylic acids is 1. The number of hydrogen-bond donors (Lipinski definition) is 1. The molecule has 0 radical (unpaired) electrons. The summed E-state index contributed by atoms with van der Waals surface area (Å²) in [5.41, 5.74) is 0.929. The van der Waals surface area contributed by atoms with Gasteiger partial charge in [-0.3, -0.25) is 4.98 Å². The fraction of sp³-hybridized carbons (Fsp3) is 0.154. The van der Waals surface area contributed by atoms with Gasteiger partial charge in [0.15, 0.2) is 11.4 Å². The topological polar surface area (TPSA) is 72.3 Å². The molecule has 0 amide bonds. The third kappa shape index (κ3) is 3.25. The molecule has 98 valence electrons. The highest BCUT2D eigenvalue weighted by atomic mass is 19.1. The first kappa shape index (κ1) is 12.9. The van der Waals surface area contributed by atoms with Crippen molar-refractivity contribution in [3.05, 3.63) is 53.4 Å². The molecule has 0 unspecified atom stereocenters. The highest BCUT2D eigenvalue weighted by Crippen LogP contribution is 2.18. The van der Waals surface area contributed by atoms with Crippen LogP contribution in [0.3, 0.4) is 0 Å². The molecule has 0 saturated heterocycles. The molecule has 6 heteroatoms. The maximum absolute atomic E-state index is 12.9. The van der Waals surface area contributed by atoms with E-state index >= 15 is 0 Å². The van der Waals surface area contributed by atoms with Crippen LogP contribution in [-0.2, 0) is 6.61 Å². The summed E-state index contributed by atoms with van der Waals surface area (Å²) in [6.07, 6.45) is 2.53. The molecule has 5 nitrogen and oxygen atoms in total. The van der Waals surface area contributed by atoms with E-state index in [9.17, 15) is 9.18 Å². The minimum Gasteiger partial charge on any atom is -0.486 e. The van der Waals surface area contributed by atoms with Gasteiger partial charge in [0, 0.05) is 17.5 Å². The first-order valence-electron chi connectivity index (χ1n) is 5.49. The van der Waals surface area contributed by atoms with E-state index in [-0.39, 0.29) is 18.1 Å². The van der Waals surface area contributed by atoms with Gasteiger partial charge >= 0.3 is 5.97 Å². The maximum atomic E-state index is 12.9. The van der Waals surface area contributed by atoms with E-state index in [4.69, 9.17) is 9.84 Å². The third-order valence-electron chi connectivity index (χ3n) is 2.36. The summed E-state index contributed by atoms with van der Waals surface area (Å²) in [5.74, 6) is -1.50. The van der Waals surface area contributed by atoms with E-state index in [2.05, 4.69) is 9.97 Å². The molecule has 0 aliphatic carbocycles. The molecule has 0 atom stereocenters. The standard InChI is InChI=1S/C13H11FN2O3/c1-8-2-3-11(12(16-8)13(17)18)19-7-9-4-10(14)6-15-5-9/h2-6H,7H2,1H3,(H,17,18). The minimum absolute atomic E-state index is 0.0236. The molecular formula is C13H11FN2O3. The van der Waals surface area contributed by atoms with Crippen molar-refractivity contribution in [1.29, 1.82) is 0 Å². The first-order chi connectivity index (χ1) is 9.06. The highest BCUT2D eigenvalue weighted by molar-refractivity contribution is 5.88. The molecule has 0 spiro atoms. The van der Waals surface area contributed by atoms with Crippen molar-refractivity contribution in [3.63, 3.8) is 0 Å². The lowest BCUT2D eigenvalue weighted by Gasteiger charge is -2.09. The zero-order valence-corrected chi connectivity index (χ0v) is 10.1. The molecule has 0 fully saturated rings. The Morgan fingerprint density at radius 3 is 2.89 bits per heavy atom. The molecule has 0 bridgehead atoms. The van der Waals surface area contributed by atoms with Crippen molar-refractivity contribution < 1.29 is 19.0 Å². The number of pyridine rings is 2. The van der Waals surface area contributed by atoms with Crippen LogP contribution in [0.25, 0.3) is 0 Å². The lowest BCUT2D eigenvalue weighted by atomic mass is 10.2. The first-order valence-corrected chi connectivity index (χ1v) is 5.49. The number of aromatic nitrogens is 2. The molecule has 2 heterocycles. The van der Waals surface area contributed by atoms with Crippen LogP contribution >= 0.6 is 0 Å². The Bertz CT molecular complexity index is 617. The summed E-state index contributed by atoms with van der Waals surface area (Å²) in [7, 11) is 0. The Kier molecular flexibility index (Phi) is 3.70. The Morgan fingerprint density at radius 1 is 1.42 bits per heavy atom. The lowest BCUT2D eigenvalue weighted by molar-refractivity contribution is 0.0684. The van der Waals surface area contributed by atoms with Gasteiger partial charge in [0.1, 0.15) is 12.4 Å². The van der Waals surface area contributed by atoms with Gasteiger partial charge in [0.2, 0.25) is 0 Å².